The number of halogens is 2. The van der Waals surface area contributed by atoms with Crippen molar-refractivity contribution in [2.45, 2.75) is 29.4 Å². The molecule has 0 amide bonds. The molecule has 1 aliphatic rings. The molecule has 0 spiro atoms. The van der Waals surface area contributed by atoms with Crippen LogP contribution in [0.5, 0.6) is 0 Å². The van der Waals surface area contributed by atoms with Gasteiger partial charge in [0, 0.05) is 16.7 Å². The summed E-state index contributed by atoms with van der Waals surface area (Å²) in [7, 11) is -0.896. The first-order valence-corrected chi connectivity index (χ1v) is 9.36. The van der Waals surface area contributed by atoms with E-state index in [1.807, 2.05) is 42.5 Å². The van der Waals surface area contributed by atoms with Crippen LogP contribution in [0, 0.1) is 5.82 Å². The van der Waals surface area contributed by atoms with Gasteiger partial charge in [-0.3, -0.25) is 4.21 Å². The molecule has 2 aromatic rings. The largest absolute Gasteiger partial charge is 0.303 e. The Morgan fingerprint density at radius 3 is 2.25 bits per heavy atom. The van der Waals surface area contributed by atoms with E-state index in [2.05, 4.69) is 4.90 Å². The second-order valence-corrected chi connectivity index (χ2v) is 7.76. The molecule has 0 aliphatic carbocycles. The second kappa shape index (κ2) is 9.30. The first kappa shape index (κ1) is 19.1. The van der Waals surface area contributed by atoms with Crippen LogP contribution in [-0.4, -0.2) is 34.0 Å². The van der Waals surface area contributed by atoms with Crippen LogP contribution in [-0.2, 0) is 17.2 Å². The fourth-order valence-electron chi connectivity index (χ4n) is 3.03. The van der Waals surface area contributed by atoms with Gasteiger partial charge in [0.1, 0.15) is 5.82 Å². The van der Waals surface area contributed by atoms with Crippen LogP contribution in [0.2, 0.25) is 0 Å². The number of benzene rings is 2. The summed E-state index contributed by atoms with van der Waals surface area (Å²) in [6, 6.07) is 16.5. The first-order valence-electron chi connectivity index (χ1n) is 8.15. The minimum Gasteiger partial charge on any atom is -0.303 e. The highest BCUT2D eigenvalue weighted by molar-refractivity contribution is 7.85. The van der Waals surface area contributed by atoms with Gasteiger partial charge in [-0.15, -0.1) is 12.4 Å². The molecule has 0 aromatic heterocycles. The molecular formula is C19H23ClFNOS. The molecule has 2 aromatic carbocycles. The van der Waals surface area contributed by atoms with Crippen molar-refractivity contribution in [3.63, 3.8) is 0 Å². The van der Waals surface area contributed by atoms with Crippen LogP contribution in [0.4, 0.5) is 4.39 Å². The predicted molar refractivity (Wildman–Crippen MR) is 99.7 cm³/mol. The molecule has 0 bridgehead atoms. The fraction of sp³-hybridized carbons (Fsp3) is 0.368. The van der Waals surface area contributed by atoms with Crippen molar-refractivity contribution in [3.8, 4) is 0 Å². The standard InChI is InChI=1S/C19H22FNOS.ClH/c20-17-8-6-16(7-9-17)10-13-21-14-11-19(12-15-21)23(22)18-4-2-1-3-5-18;/h1-9,19H,10-15H2;1H. The lowest BCUT2D eigenvalue weighted by Gasteiger charge is -2.31. The smallest absolute Gasteiger partial charge is 0.123 e. The van der Waals surface area contributed by atoms with Gasteiger partial charge in [-0.1, -0.05) is 30.3 Å². The first-order chi connectivity index (χ1) is 11.2. The lowest BCUT2D eigenvalue weighted by Crippen LogP contribution is -2.38. The van der Waals surface area contributed by atoms with E-state index in [-0.39, 0.29) is 23.5 Å². The molecule has 0 saturated carbocycles. The highest BCUT2D eigenvalue weighted by Gasteiger charge is 2.24. The summed E-state index contributed by atoms with van der Waals surface area (Å²) in [4.78, 5) is 3.36. The van der Waals surface area contributed by atoms with E-state index in [9.17, 15) is 8.60 Å². The highest BCUT2D eigenvalue weighted by Crippen LogP contribution is 2.21. The van der Waals surface area contributed by atoms with Gasteiger partial charge >= 0.3 is 0 Å². The molecule has 0 radical (unpaired) electrons. The van der Waals surface area contributed by atoms with Gasteiger partial charge in [-0.05, 0) is 62.2 Å². The summed E-state index contributed by atoms with van der Waals surface area (Å²) in [5, 5.41) is 0.263. The lowest BCUT2D eigenvalue weighted by molar-refractivity contribution is 0.234. The maximum absolute atomic E-state index is 12.9. The molecule has 2 nitrogen and oxygen atoms in total. The van der Waals surface area contributed by atoms with E-state index in [0.29, 0.717) is 0 Å². The second-order valence-electron chi connectivity index (χ2n) is 6.03. The maximum Gasteiger partial charge on any atom is 0.123 e. The molecule has 130 valence electrons. The van der Waals surface area contributed by atoms with E-state index in [1.165, 1.54) is 17.7 Å². The number of hydrogen-bond acceptors (Lipinski definition) is 2. The van der Waals surface area contributed by atoms with E-state index < -0.39 is 10.8 Å². The van der Waals surface area contributed by atoms with E-state index in [0.717, 1.165) is 43.8 Å². The predicted octanol–water partition coefficient (Wildman–Crippen LogP) is 4.06. The SMILES string of the molecule is Cl.O=S(c1ccccc1)C1CCN(CCc2ccc(F)cc2)CC1. The third kappa shape index (κ3) is 5.13. The highest BCUT2D eigenvalue weighted by atomic mass is 35.5. The van der Waals surface area contributed by atoms with Crippen molar-refractivity contribution >= 4 is 23.2 Å². The van der Waals surface area contributed by atoms with Crippen molar-refractivity contribution in [2.75, 3.05) is 19.6 Å². The van der Waals surface area contributed by atoms with Crippen LogP contribution < -0.4 is 0 Å². The Hall–Kier alpha value is -1.23. The molecule has 3 rings (SSSR count). The molecule has 0 N–H and O–H groups in total. The molecular weight excluding hydrogens is 345 g/mol. The van der Waals surface area contributed by atoms with E-state index in [1.54, 1.807) is 0 Å². The van der Waals surface area contributed by atoms with E-state index in [4.69, 9.17) is 0 Å². The van der Waals surface area contributed by atoms with Gasteiger partial charge in [0.05, 0.1) is 10.8 Å². The number of piperidine rings is 1. The molecule has 1 fully saturated rings. The van der Waals surface area contributed by atoms with Crippen LogP contribution in [0.15, 0.2) is 59.5 Å². The van der Waals surface area contributed by atoms with Gasteiger partial charge in [0.25, 0.3) is 0 Å². The Labute approximate surface area is 151 Å². The molecule has 1 atom stereocenters. The van der Waals surface area contributed by atoms with Gasteiger partial charge in [-0.2, -0.15) is 0 Å². The maximum atomic E-state index is 12.9. The van der Waals surface area contributed by atoms with Crippen molar-refractivity contribution in [1.82, 2.24) is 4.90 Å². The Morgan fingerprint density at radius 2 is 1.62 bits per heavy atom. The fourth-order valence-corrected chi connectivity index (χ4v) is 4.48. The minimum absolute atomic E-state index is 0. The molecule has 24 heavy (non-hydrogen) atoms. The summed E-state index contributed by atoms with van der Waals surface area (Å²) >= 11 is 0. The van der Waals surface area contributed by atoms with Crippen molar-refractivity contribution < 1.29 is 8.60 Å². The van der Waals surface area contributed by atoms with Crippen LogP contribution >= 0.6 is 12.4 Å². The average Bonchev–Trinajstić information content (AvgIpc) is 2.62. The lowest BCUT2D eigenvalue weighted by atomic mass is 10.1. The molecule has 1 aliphatic heterocycles. The van der Waals surface area contributed by atoms with Gasteiger partial charge in [0.2, 0.25) is 0 Å². The minimum atomic E-state index is -0.896. The van der Waals surface area contributed by atoms with Crippen LogP contribution in [0.3, 0.4) is 0 Å². The normalized spacial score (nSPS) is 17.2. The number of rotatable bonds is 5. The molecule has 5 heteroatoms. The Kier molecular flexibility index (Phi) is 7.40. The zero-order chi connectivity index (χ0) is 16.1. The van der Waals surface area contributed by atoms with Crippen molar-refractivity contribution in [2.24, 2.45) is 0 Å². The zero-order valence-corrected chi connectivity index (χ0v) is 15.2. The summed E-state index contributed by atoms with van der Waals surface area (Å²) in [5.41, 5.74) is 1.17. The van der Waals surface area contributed by atoms with Crippen LogP contribution in [0.1, 0.15) is 18.4 Å². The summed E-state index contributed by atoms with van der Waals surface area (Å²) in [6.45, 7) is 2.96. The topological polar surface area (TPSA) is 20.3 Å². The number of likely N-dealkylation sites (tertiary alicyclic amines) is 1. The molecule has 1 saturated heterocycles. The monoisotopic (exact) mass is 367 g/mol. The summed E-state index contributed by atoms with van der Waals surface area (Å²) in [6.07, 6.45) is 2.89. The zero-order valence-electron chi connectivity index (χ0n) is 13.6. The number of nitrogens with zero attached hydrogens (tertiary/aromatic N) is 1. The Balaban J connectivity index is 0.00000208. The van der Waals surface area contributed by atoms with E-state index >= 15 is 0 Å². The summed E-state index contributed by atoms with van der Waals surface area (Å²) < 4.78 is 25.5. The van der Waals surface area contributed by atoms with Gasteiger partial charge in [-0.25, -0.2) is 4.39 Å². The van der Waals surface area contributed by atoms with Crippen molar-refractivity contribution in [3.05, 3.63) is 66.0 Å². The van der Waals surface area contributed by atoms with Crippen LogP contribution in [0.25, 0.3) is 0 Å². The molecule has 1 heterocycles. The summed E-state index contributed by atoms with van der Waals surface area (Å²) in [5.74, 6) is -0.182. The third-order valence-corrected chi connectivity index (χ3v) is 6.26. The van der Waals surface area contributed by atoms with Gasteiger partial charge < -0.3 is 4.90 Å². The van der Waals surface area contributed by atoms with Gasteiger partial charge in [0.15, 0.2) is 0 Å². The van der Waals surface area contributed by atoms with Crippen molar-refractivity contribution in [1.29, 1.82) is 0 Å². The Morgan fingerprint density at radius 1 is 1.00 bits per heavy atom. The Bertz CT molecular complexity index is 642. The third-order valence-electron chi connectivity index (χ3n) is 4.44. The number of hydrogen-bond donors (Lipinski definition) is 0. The quantitative estimate of drug-likeness (QED) is 0.794. The molecule has 1 unspecified atom stereocenters. The average molecular weight is 368 g/mol.